The molecule has 2 N–H and O–H groups in total. The minimum absolute atomic E-state index is 0.195. The molecule has 0 saturated heterocycles. The molecule has 1 heterocycles. The van der Waals surface area contributed by atoms with Gasteiger partial charge in [0, 0.05) is 10.6 Å². The molecule has 0 saturated carbocycles. The van der Waals surface area contributed by atoms with Crippen LogP contribution in [0.15, 0.2) is 53.1 Å². The molecular formula is C17H14ClN3O3. The van der Waals surface area contributed by atoms with Gasteiger partial charge in [-0.3, -0.25) is 4.79 Å². The number of hydrogen-bond donors (Lipinski definition) is 1. The normalized spacial score (nSPS) is 11.9. The van der Waals surface area contributed by atoms with E-state index in [-0.39, 0.29) is 5.56 Å². The third-order valence-corrected chi connectivity index (χ3v) is 3.57. The molecule has 122 valence electrons. The van der Waals surface area contributed by atoms with Gasteiger partial charge in [-0.05, 0) is 37.3 Å². The molecule has 2 aromatic carbocycles. The van der Waals surface area contributed by atoms with E-state index in [9.17, 15) is 4.79 Å². The van der Waals surface area contributed by atoms with Crippen molar-refractivity contribution in [2.45, 2.75) is 13.0 Å². The summed E-state index contributed by atoms with van der Waals surface area (Å²) in [6.45, 7) is 1.75. The van der Waals surface area contributed by atoms with Crippen LogP contribution in [0, 0.1) is 0 Å². The lowest BCUT2D eigenvalue weighted by Gasteiger charge is -2.13. The number of rotatable bonds is 5. The summed E-state index contributed by atoms with van der Waals surface area (Å²) in [5.74, 6) is 0.440. The van der Waals surface area contributed by atoms with Gasteiger partial charge in [-0.1, -0.05) is 35.0 Å². The van der Waals surface area contributed by atoms with Gasteiger partial charge in [0.15, 0.2) is 6.10 Å². The summed E-state index contributed by atoms with van der Waals surface area (Å²) in [5, 5.41) is 4.33. The SMILES string of the molecule is CC(Oc1ccc(Cl)cc1C(N)=O)c1noc(-c2ccccc2)n1. The van der Waals surface area contributed by atoms with Gasteiger partial charge >= 0.3 is 0 Å². The fourth-order valence-corrected chi connectivity index (χ4v) is 2.31. The average molecular weight is 344 g/mol. The topological polar surface area (TPSA) is 91.2 Å². The van der Waals surface area contributed by atoms with E-state index in [0.29, 0.717) is 22.5 Å². The van der Waals surface area contributed by atoms with E-state index in [0.717, 1.165) is 5.56 Å². The zero-order chi connectivity index (χ0) is 17.1. The monoisotopic (exact) mass is 343 g/mol. The maximum Gasteiger partial charge on any atom is 0.258 e. The second kappa shape index (κ2) is 6.72. The molecule has 0 fully saturated rings. The molecular weight excluding hydrogens is 330 g/mol. The third kappa shape index (κ3) is 3.38. The molecule has 0 spiro atoms. The minimum atomic E-state index is -0.627. The molecule has 1 unspecified atom stereocenters. The van der Waals surface area contributed by atoms with Gasteiger partial charge in [-0.25, -0.2) is 0 Å². The standard InChI is InChI=1S/C17H14ClN3O3/c1-10(23-14-8-7-12(18)9-13(14)15(19)22)16-20-17(24-21-16)11-5-3-2-4-6-11/h2-10H,1H3,(H2,19,22). The maximum atomic E-state index is 11.5. The zero-order valence-corrected chi connectivity index (χ0v) is 13.5. The molecule has 0 aliphatic heterocycles. The molecule has 1 atom stereocenters. The van der Waals surface area contributed by atoms with E-state index in [1.807, 2.05) is 30.3 Å². The quantitative estimate of drug-likeness (QED) is 0.763. The number of nitrogens with zero attached hydrogens (tertiary/aromatic N) is 2. The lowest BCUT2D eigenvalue weighted by atomic mass is 10.2. The van der Waals surface area contributed by atoms with Gasteiger partial charge in [0.1, 0.15) is 5.75 Å². The lowest BCUT2D eigenvalue weighted by molar-refractivity contribution is 0.0993. The average Bonchev–Trinajstić information content (AvgIpc) is 3.07. The lowest BCUT2D eigenvalue weighted by Crippen LogP contribution is -2.14. The molecule has 0 bridgehead atoms. The number of halogens is 1. The van der Waals surface area contributed by atoms with Gasteiger partial charge in [0.05, 0.1) is 5.56 Å². The third-order valence-electron chi connectivity index (χ3n) is 3.34. The largest absolute Gasteiger partial charge is 0.482 e. The highest BCUT2D eigenvalue weighted by Gasteiger charge is 2.19. The highest BCUT2D eigenvalue weighted by molar-refractivity contribution is 6.31. The fourth-order valence-electron chi connectivity index (χ4n) is 2.14. The van der Waals surface area contributed by atoms with Crippen molar-refractivity contribution in [2.75, 3.05) is 0 Å². The van der Waals surface area contributed by atoms with Gasteiger partial charge in [-0.15, -0.1) is 0 Å². The molecule has 3 aromatic rings. The summed E-state index contributed by atoms with van der Waals surface area (Å²) >= 11 is 5.88. The van der Waals surface area contributed by atoms with E-state index in [4.69, 9.17) is 26.6 Å². The van der Waals surface area contributed by atoms with Crippen molar-refractivity contribution in [3.05, 3.63) is 64.9 Å². The Hall–Kier alpha value is -2.86. The molecule has 3 rings (SSSR count). The number of aromatic nitrogens is 2. The van der Waals surface area contributed by atoms with Crippen molar-refractivity contribution < 1.29 is 14.1 Å². The summed E-state index contributed by atoms with van der Waals surface area (Å²) < 4.78 is 11.0. The van der Waals surface area contributed by atoms with Gasteiger partial charge in [-0.2, -0.15) is 4.98 Å². The first-order valence-corrected chi connectivity index (χ1v) is 7.57. The second-order valence-electron chi connectivity index (χ2n) is 5.09. The summed E-state index contributed by atoms with van der Waals surface area (Å²) in [6, 6.07) is 14.0. The van der Waals surface area contributed by atoms with Gasteiger partial charge in [0.25, 0.3) is 11.8 Å². The fraction of sp³-hybridized carbons (Fsp3) is 0.118. The van der Waals surface area contributed by atoms with E-state index < -0.39 is 12.0 Å². The first-order chi connectivity index (χ1) is 11.5. The second-order valence-corrected chi connectivity index (χ2v) is 5.53. The van der Waals surface area contributed by atoms with Crippen molar-refractivity contribution in [3.8, 4) is 17.2 Å². The first-order valence-electron chi connectivity index (χ1n) is 7.19. The maximum absolute atomic E-state index is 11.5. The predicted molar refractivity (Wildman–Crippen MR) is 88.7 cm³/mol. The zero-order valence-electron chi connectivity index (χ0n) is 12.8. The van der Waals surface area contributed by atoms with Crippen molar-refractivity contribution in [1.82, 2.24) is 10.1 Å². The van der Waals surface area contributed by atoms with Crippen molar-refractivity contribution in [3.63, 3.8) is 0 Å². The number of nitrogens with two attached hydrogens (primary N) is 1. The smallest absolute Gasteiger partial charge is 0.258 e. The highest BCUT2D eigenvalue weighted by atomic mass is 35.5. The highest BCUT2D eigenvalue weighted by Crippen LogP contribution is 2.27. The van der Waals surface area contributed by atoms with E-state index in [1.54, 1.807) is 19.1 Å². The van der Waals surface area contributed by atoms with Crippen LogP contribution in [0.2, 0.25) is 5.02 Å². The van der Waals surface area contributed by atoms with Crippen LogP contribution in [-0.2, 0) is 0 Å². The summed E-state index contributed by atoms with van der Waals surface area (Å²) in [6.07, 6.45) is -0.537. The number of hydrogen-bond acceptors (Lipinski definition) is 5. The Morgan fingerprint density at radius 2 is 2.00 bits per heavy atom. The molecule has 24 heavy (non-hydrogen) atoms. The first kappa shape index (κ1) is 16.0. The number of benzene rings is 2. The van der Waals surface area contributed by atoms with Gasteiger partial charge in [0.2, 0.25) is 5.82 Å². The molecule has 0 aliphatic rings. The van der Waals surface area contributed by atoms with Crippen LogP contribution >= 0.6 is 11.6 Å². The van der Waals surface area contributed by atoms with Crippen LogP contribution in [0.3, 0.4) is 0 Å². The predicted octanol–water partition coefficient (Wildman–Crippen LogP) is 3.63. The van der Waals surface area contributed by atoms with Crippen molar-refractivity contribution >= 4 is 17.5 Å². The number of ether oxygens (including phenoxy) is 1. The van der Waals surface area contributed by atoms with Crippen LogP contribution in [-0.4, -0.2) is 16.0 Å². The van der Waals surface area contributed by atoms with E-state index in [2.05, 4.69) is 10.1 Å². The minimum Gasteiger partial charge on any atom is -0.482 e. The number of carbonyl (C=O) groups is 1. The van der Waals surface area contributed by atoms with E-state index in [1.165, 1.54) is 6.07 Å². The van der Waals surface area contributed by atoms with Crippen LogP contribution in [0.25, 0.3) is 11.5 Å². The van der Waals surface area contributed by atoms with Crippen LogP contribution < -0.4 is 10.5 Å². The molecule has 1 aromatic heterocycles. The summed E-state index contributed by atoms with van der Waals surface area (Å²) in [4.78, 5) is 15.8. The Kier molecular flexibility index (Phi) is 4.48. The molecule has 1 amide bonds. The van der Waals surface area contributed by atoms with Crippen LogP contribution in [0.4, 0.5) is 0 Å². The Morgan fingerprint density at radius 3 is 2.71 bits per heavy atom. The van der Waals surface area contributed by atoms with Gasteiger partial charge < -0.3 is 15.0 Å². The van der Waals surface area contributed by atoms with Crippen LogP contribution in [0.1, 0.15) is 29.2 Å². The Balaban J connectivity index is 1.82. The van der Waals surface area contributed by atoms with Crippen molar-refractivity contribution in [2.24, 2.45) is 5.73 Å². The molecule has 6 nitrogen and oxygen atoms in total. The summed E-state index contributed by atoms with van der Waals surface area (Å²) in [5.41, 5.74) is 6.36. The molecule has 0 aliphatic carbocycles. The van der Waals surface area contributed by atoms with E-state index >= 15 is 0 Å². The Bertz CT molecular complexity index is 865. The Morgan fingerprint density at radius 1 is 1.25 bits per heavy atom. The summed E-state index contributed by atoms with van der Waals surface area (Å²) in [7, 11) is 0. The molecule has 7 heteroatoms. The van der Waals surface area contributed by atoms with Crippen LogP contribution in [0.5, 0.6) is 5.75 Å². The molecule has 0 radical (unpaired) electrons. The van der Waals surface area contributed by atoms with Crippen molar-refractivity contribution in [1.29, 1.82) is 0 Å². The number of amides is 1. The number of primary amides is 1. The Labute approximate surface area is 143 Å². The number of carbonyl (C=O) groups excluding carboxylic acids is 1.